The molecule has 2 nitrogen and oxygen atoms in total. The second-order valence-electron chi connectivity index (χ2n) is 2.30. The number of H-pyrrole nitrogens is 1. The summed E-state index contributed by atoms with van der Waals surface area (Å²) in [4.78, 5) is 7.33. The zero-order valence-electron chi connectivity index (χ0n) is 5.95. The number of nitrogens with zero attached hydrogens (tertiary/aromatic N) is 1. The Balaban J connectivity index is 2.14. The van der Waals surface area contributed by atoms with Crippen LogP contribution in [0, 0.1) is 0 Å². The Morgan fingerprint density at radius 3 is 3.18 bits per heavy atom. The largest absolute Gasteiger partial charge is 0.365 e. The minimum Gasteiger partial charge on any atom is -0.365 e. The third kappa shape index (κ3) is 1.49. The normalized spacial score (nSPS) is 10.2. The lowest BCUT2D eigenvalue weighted by atomic mass is 10.3. The first-order valence-corrected chi connectivity index (χ1v) is 4.34. The van der Waals surface area contributed by atoms with Gasteiger partial charge in [0.25, 0.3) is 0 Å². The Morgan fingerprint density at radius 1 is 1.55 bits per heavy atom. The summed E-state index contributed by atoms with van der Waals surface area (Å²) in [7, 11) is 0. The number of aromatic amines is 1. The monoisotopic (exact) mass is 164 g/mol. The summed E-state index contributed by atoms with van der Waals surface area (Å²) in [6, 6.07) is 4.07. The second-order valence-corrected chi connectivity index (χ2v) is 3.28. The summed E-state index contributed by atoms with van der Waals surface area (Å²) in [6.07, 6.45) is 4.69. The van der Waals surface area contributed by atoms with Crippen LogP contribution >= 0.6 is 11.3 Å². The molecule has 0 bridgehead atoms. The molecule has 2 heterocycles. The molecule has 0 aromatic carbocycles. The van der Waals surface area contributed by atoms with Crippen molar-refractivity contribution < 1.29 is 0 Å². The molecule has 0 unspecified atom stereocenters. The van der Waals surface area contributed by atoms with E-state index in [9.17, 15) is 0 Å². The molecule has 3 heteroatoms. The highest BCUT2D eigenvalue weighted by atomic mass is 32.1. The van der Waals surface area contributed by atoms with Crippen LogP contribution in [-0.2, 0) is 6.42 Å². The number of hydrogen-bond acceptors (Lipinski definition) is 2. The van der Waals surface area contributed by atoms with Crippen molar-refractivity contribution in [1.29, 1.82) is 0 Å². The molecule has 0 aliphatic rings. The molecule has 0 fully saturated rings. The van der Waals surface area contributed by atoms with Crippen LogP contribution < -0.4 is 0 Å². The topological polar surface area (TPSA) is 28.7 Å². The van der Waals surface area contributed by atoms with Gasteiger partial charge in [-0.3, -0.25) is 0 Å². The second kappa shape index (κ2) is 2.88. The van der Waals surface area contributed by atoms with E-state index in [1.807, 2.05) is 23.8 Å². The first-order chi connectivity index (χ1) is 5.45. The van der Waals surface area contributed by atoms with Crippen molar-refractivity contribution in [3.63, 3.8) is 0 Å². The molecule has 0 spiro atoms. The molecule has 11 heavy (non-hydrogen) atoms. The zero-order chi connectivity index (χ0) is 7.52. The van der Waals surface area contributed by atoms with E-state index >= 15 is 0 Å². The molecule has 0 saturated carbocycles. The molecule has 0 saturated heterocycles. The Bertz CT molecular complexity index is 264. The van der Waals surface area contributed by atoms with Crippen LogP contribution in [0.25, 0.3) is 0 Å². The number of nitrogens with one attached hydrogen (secondary N) is 1. The third-order valence-corrected chi connectivity index (χ3v) is 2.27. The summed E-state index contributed by atoms with van der Waals surface area (Å²) in [5, 5.41) is 3.16. The summed E-state index contributed by atoms with van der Waals surface area (Å²) < 4.78 is 0. The van der Waals surface area contributed by atoms with Gasteiger partial charge < -0.3 is 4.98 Å². The highest BCUT2D eigenvalue weighted by Gasteiger charge is 1.96. The van der Waals surface area contributed by atoms with Crippen molar-refractivity contribution >= 4 is 11.3 Å². The van der Waals surface area contributed by atoms with Crippen molar-refractivity contribution in [2.45, 2.75) is 6.42 Å². The minimum atomic E-state index is 0.921. The average molecular weight is 164 g/mol. The fraction of sp³-hybridized carbons (Fsp3) is 0.125. The SMILES string of the molecule is c1c[nH]c(Cc2nccs2)c1. The fourth-order valence-electron chi connectivity index (χ4n) is 0.981. The Labute approximate surface area is 68.9 Å². The highest BCUT2D eigenvalue weighted by Crippen LogP contribution is 2.09. The van der Waals surface area contributed by atoms with Crippen LogP contribution in [0.2, 0.25) is 0 Å². The first kappa shape index (κ1) is 6.61. The third-order valence-electron chi connectivity index (χ3n) is 1.49. The van der Waals surface area contributed by atoms with Gasteiger partial charge in [0.1, 0.15) is 0 Å². The molecule has 0 aliphatic heterocycles. The number of hydrogen-bond donors (Lipinski definition) is 1. The van der Waals surface area contributed by atoms with Crippen molar-refractivity contribution in [1.82, 2.24) is 9.97 Å². The van der Waals surface area contributed by atoms with Crippen LogP contribution in [0.1, 0.15) is 10.7 Å². The van der Waals surface area contributed by atoms with Crippen LogP contribution in [0.3, 0.4) is 0 Å². The van der Waals surface area contributed by atoms with Crippen molar-refractivity contribution in [3.05, 3.63) is 40.6 Å². The predicted molar refractivity (Wildman–Crippen MR) is 45.7 cm³/mol. The fourth-order valence-corrected chi connectivity index (χ4v) is 1.62. The minimum absolute atomic E-state index is 0.921. The maximum absolute atomic E-state index is 4.19. The molecule has 0 aliphatic carbocycles. The van der Waals surface area contributed by atoms with Gasteiger partial charge in [0.05, 0.1) is 5.01 Å². The van der Waals surface area contributed by atoms with Gasteiger partial charge in [-0.1, -0.05) is 0 Å². The van der Waals surface area contributed by atoms with Crippen LogP contribution in [-0.4, -0.2) is 9.97 Å². The Morgan fingerprint density at radius 2 is 2.55 bits per heavy atom. The smallest absolute Gasteiger partial charge is 0.0983 e. The Kier molecular flexibility index (Phi) is 1.73. The molecular weight excluding hydrogens is 156 g/mol. The van der Waals surface area contributed by atoms with E-state index in [4.69, 9.17) is 0 Å². The van der Waals surface area contributed by atoms with E-state index in [-0.39, 0.29) is 0 Å². The van der Waals surface area contributed by atoms with Gasteiger partial charge in [-0.05, 0) is 12.1 Å². The number of thiazole rings is 1. The molecule has 0 radical (unpaired) electrons. The predicted octanol–water partition coefficient (Wildman–Crippen LogP) is 2.06. The molecule has 2 rings (SSSR count). The van der Waals surface area contributed by atoms with E-state index in [2.05, 4.69) is 16.0 Å². The quantitative estimate of drug-likeness (QED) is 0.723. The lowest BCUT2D eigenvalue weighted by molar-refractivity contribution is 1.08. The molecular formula is C8H8N2S. The lowest BCUT2D eigenvalue weighted by Crippen LogP contribution is -1.85. The van der Waals surface area contributed by atoms with E-state index in [1.54, 1.807) is 11.3 Å². The zero-order valence-corrected chi connectivity index (χ0v) is 6.77. The van der Waals surface area contributed by atoms with Crippen molar-refractivity contribution in [2.75, 3.05) is 0 Å². The van der Waals surface area contributed by atoms with Gasteiger partial charge in [0.15, 0.2) is 0 Å². The number of aromatic nitrogens is 2. The maximum Gasteiger partial charge on any atom is 0.0983 e. The van der Waals surface area contributed by atoms with E-state index in [1.165, 1.54) is 5.69 Å². The lowest BCUT2D eigenvalue weighted by Gasteiger charge is -1.90. The molecule has 0 atom stereocenters. The molecule has 2 aromatic rings. The van der Waals surface area contributed by atoms with E-state index in [0.29, 0.717) is 0 Å². The van der Waals surface area contributed by atoms with Crippen LogP contribution in [0.4, 0.5) is 0 Å². The van der Waals surface area contributed by atoms with Gasteiger partial charge in [0.2, 0.25) is 0 Å². The van der Waals surface area contributed by atoms with Gasteiger partial charge >= 0.3 is 0 Å². The van der Waals surface area contributed by atoms with Crippen LogP contribution in [0.5, 0.6) is 0 Å². The Hall–Kier alpha value is -1.09. The van der Waals surface area contributed by atoms with Gasteiger partial charge in [-0.15, -0.1) is 11.3 Å². The summed E-state index contributed by atoms with van der Waals surface area (Å²) in [5.41, 5.74) is 1.22. The summed E-state index contributed by atoms with van der Waals surface area (Å²) >= 11 is 1.69. The summed E-state index contributed by atoms with van der Waals surface area (Å²) in [5.74, 6) is 0. The van der Waals surface area contributed by atoms with Gasteiger partial charge in [0, 0.05) is 29.9 Å². The number of rotatable bonds is 2. The molecule has 56 valence electrons. The average Bonchev–Trinajstić information content (AvgIpc) is 2.60. The van der Waals surface area contributed by atoms with Gasteiger partial charge in [-0.2, -0.15) is 0 Å². The maximum atomic E-state index is 4.19. The molecule has 1 N–H and O–H groups in total. The standard InChI is InChI=1S/C8H8N2S/c1-2-7(9-3-1)6-8-10-4-5-11-8/h1-5,9H,6H2. The van der Waals surface area contributed by atoms with Crippen molar-refractivity contribution in [3.8, 4) is 0 Å². The van der Waals surface area contributed by atoms with Crippen LogP contribution in [0.15, 0.2) is 29.9 Å². The van der Waals surface area contributed by atoms with E-state index in [0.717, 1.165) is 11.4 Å². The summed E-state index contributed by atoms with van der Waals surface area (Å²) in [6.45, 7) is 0. The van der Waals surface area contributed by atoms with Gasteiger partial charge in [-0.25, -0.2) is 4.98 Å². The van der Waals surface area contributed by atoms with Crippen molar-refractivity contribution in [2.24, 2.45) is 0 Å². The highest BCUT2D eigenvalue weighted by molar-refractivity contribution is 7.09. The first-order valence-electron chi connectivity index (χ1n) is 3.46. The molecule has 2 aromatic heterocycles. The van der Waals surface area contributed by atoms with E-state index < -0.39 is 0 Å². The molecule has 0 amide bonds.